The lowest BCUT2D eigenvalue weighted by Gasteiger charge is -2.29. The molecule has 1 N–H and O–H groups in total. The van der Waals surface area contributed by atoms with E-state index in [-0.39, 0.29) is 11.5 Å². The Hall–Kier alpha value is -1.38. The average Bonchev–Trinajstić information content (AvgIpc) is 2.13. The molecule has 0 bridgehead atoms. The normalized spacial score (nSPS) is 25.5. The molecule has 1 aromatic carbocycles. The van der Waals surface area contributed by atoms with Crippen LogP contribution < -0.4 is 0 Å². The van der Waals surface area contributed by atoms with E-state index in [0.717, 1.165) is 5.56 Å². The lowest BCUT2D eigenvalue weighted by molar-refractivity contribution is 0.0696. The first-order chi connectivity index (χ1) is 6.66. The highest BCUT2D eigenvalue weighted by Gasteiger charge is 2.29. The molecule has 0 aliphatic heterocycles. The number of carboxylic acids is 1. The lowest BCUT2D eigenvalue weighted by Crippen LogP contribution is -2.22. The third-order valence-corrected chi connectivity index (χ3v) is 2.71. The van der Waals surface area contributed by atoms with E-state index in [4.69, 9.17) is 5.11 Å². The molecule has 1 aliphatic rings. The largest absolute Gasteiger partial charge is 0.478 e. The molecule has 0 amide bonds. The van der Waals surface area contributed by atoms with Crippen LogP contribution in [0.2, 0.25) is 0 Å². The number of benzene rings is 1. The molecule has 0 saturated heterocycles. The molecule has 0 aromatic heterocycles. The van der Waals surface area contributed by atoms with Crippen molar-refractivity contribution in [1.29, 1.82) is 0 Å². The number of aromatic carboxylic acids is 1. The van der Waals surface area contributed by atoms with Crippen molar-refractivity contribution >= 4 is 5.97 Å². The second kappa shape index (κ2) is 3.40. The zero-order valence-corrected chi connectivity index (χ0v) is 7.61. The predicted octanol–water partition coefficient (Wildman–Crippen LogP) is 2.60. The van der Waals surface area contributed by atoms with Crippen LogP contribution >= 0.6 is 0 Å². The highest BCUT2D eigenvalue weighted by molar-refractivity contribution is 5.87. The smallest absolute Gasteiger partial charge is 0.335 e. The van der Waals surface area contributed by atoms with Crippen molar-refractivity contribution in [3.05, 3.63) is 35.4 Å². The summed E-state index contributed by atoms with van der Waals surface area (Å²) in [5.41, 5.74) is 1.33. The summed E-state index contributed by atoms with van der Waals surface area (Å²) in [6.45, 7) is 0. The summed E-state index contributed by atoms with van der Waals surface area (Å²) in [6, 6.07) is 6.70. The molecule has 3 heteroatoms. The number of rotatable bonds is 2. The van der Waals surface area contributed by atoms with Gasteiger partial charge in [0.05, 0.1) is 5.56 Å². The van der Waals surface area contributed by atoms with E-state index in [1.807, 2.05) is 0 Å². The fraction of sp³-hybridized carbons (Fsp3) is 0.364. The number of hydrogen-bond acceptors (Lipinski definition) is 1. The van der Waals surface area contributed by atoms with Crippen molar-refractivity contribution in [2.45, 2.75) is 24.9 Å². The van der Waals surface area contributed by atoms with Crippen LogP contribution in [0.25, 0.3) is 0 Å². The minimum Gasteiger partial charge on any atom is -0.478 e. The average molecular weight is 194 g/mol. The fourth-order valence-electron chi connectivity index (χ4n) is 1.72. The Kier molecular flexibility index (Phi) is 2.23. The molecule has 14 heavy (non-hydrogen) atoms. The van der Waals surface area contributed by atoms with Gasteiger partial charge in [-0.1, -0.05) is 12.1 Å². The highest BCUT2D eigenvalue weighted by Crippen LogP contribution is 2.38. The quantitative estimate of drug-likeness (QED) is 0.785. The number of carboxylic acid groups (broad SMARTS) is 1. The molecule has 1 aromatic rings. The highest BCUT2D eigenvalue weighted by atomic mass is 19.1. The maximum absolute atomic E-state index is 12.6. The number of hydrogen-bond donors (Lipinski definition) is 1. The van der Waals surface area contributed by atoms with E-state index in [9.17, 15) is 9.18 Å². The van der Waals surface area contributed by atoms with Crippen LogP contribution in [-0.2, 0) is 0 Å². The molecule has 0 radical (unpaired) electrons. The Labute approximate surface area is 81.4 Å². The van der Waals surface area contributed by atoms with Gasteiger partial charge in [-0.05, 0) is 36.5 Å². The maximum atomic E-state index is 12.6. The van der Waals surface area contributed by atoms with E-state index in [1.165, 1.54) is 0 Å². The van der Waals surface area contributed by atoms with Gasteiger partial charge in [0, 0.05) is 0 Å². The Morgan fingerprint density at radius 1 is 1.29 bits per heavy atom. The van der Waals surface area contributed by atoms with Gasteiger partial charge in [0.15, 0.2) is 0 Å². The second-order valence-corrected chi connectivity index (χ2v) is 3.69. The van der Waals surface area contributed by atoms with Crippen LogP contribution in [-0.4, -0.2) is 17.2 Å². The predicted molar refractivity (Wildman–Crippen MR) is 50.3 cm³/mol. The summed E-state index contributed by atoms with van der Waals surface area (Å²) in [6.07, 6.45) is 0.484. The van der Waals surface area contributed by atoms with Gasteiger partial charge in [-0.3, -0.25) is 0 Å². The minimum atomic E-state index is -0.923. The van der Waals surface area contributed by atoms with E-state index in [0.29, 0.717) is 12.8 Å². The summed E-state index contributed by atoms with van der Waals surface area (Å²) >= 11 is 0. The number of halogens is 1. The standard InChI is InChI=1S/C11H11FO2/c12-10-5-9(6-10)7-1-3-8(4-2-7)11(13)14/h1-4,9-10H,5-6H2,(H,13,14). The van der Waals surface area contributed by atoms with E-state index >= 15 is 0 Å². The summed E-state index contributed by atoms with van der Waals surface area (Å²) in [7, 11) is 0. The van der Waals surface area contributed by atoms with Gasteiger partial charge in [0.25, 0.3) is 0 Å². The molecular formula is C11H11FO2. The molecule has 0 atom stereocenters. The molecular weight excluding hydrogens is 183 g/mol. The zero-order chi connectivity index (χ0) is 10.1. The van der Waals surface area contributed by atoms with Gasteiger partial charge in [-0.2, -0.15) is 0 Å². The second-order valence-electron chi connectivity index (χ2n) is 3.69. The molecule has 2 nitrogen and oxygen atoms in total. The van der Waals surface area contributed by atoms with E-state index in [1.54, 1.807) is 24.3 Å². The first kappa shape index (κ1) is 9.19. The van der Waals surface area contributed by atoms with Gasteiger partial charge in [-0.15, -0.1) is 0 Å². The number of alkyl halides is 1. The van der Waals surface area contributed by atoms with Crippen molar-refractivity contribution in [2.24, 2.45) is 0 Å². The molecule has 0 heterocycles. The van der Waals surface area contributed by atoms with Crippen molar-refractivity contribution in [2.75, 3.05) is 0 Å². The Morgan fingerprint density at radius 3 is 2.29 bits per heavy atom. The van der Waals surface area contributed by atoms with Crippen LogP contribution in [0.15, 0.2) is 24.3 Å². The van der Waals surface area contributed by atoms with E-state index < -0.39 is 12.1 Å². The van der Waals surface area contributed by atoms with Crippen LogP contribution in [0.3, 0.4) is 0 Å². The molecule has 1 saturated carbocycles. The van der Waals surface area contributed by atoms with Crippen molar-refractivity contribution in [3.63, 3.8) is 0 Å². The van der Waals surface area contributed by atoms with Gasteiger partial charge < -0.3 is 5.11 Å². The molecule has 1 aliphatic carbocycles. The molecule has 0 unspecified atom stereocenters. The fourth-order valence-corrected chi connectivity index (χ4v) is 1.72. The zero-order valence-electron chi connectivity index (χ0n) is 7.61. The van der Waals surface area contributed by atoms with Crippen LogP contribution in [0.5, 0.6) is 0 Å². The Balaban J connectivity index is 2.10. The summed E-state index contributed by atoms with van der Waals surface area (Å²) in [5, 5.41) is 8.67. The first-order valence-corrected chi connectivity index (χ1v) is 4.64. The maximum Gasteiger partial charge on any atom is 0.335 e. The van der Waals surface area contributed by atoms with Gasteiger partial charge in [-0.25, -0.2) is 9.18 Å². The van der Waals surface area contributed by atoms with E-state index in [2.05, 4.69) is 0 Å². The first-order valence-electron chi connectivity index (χ1n) is 4.64. The van der Waals surface area contributed by atoms with Crippen LogP contribution in [0.1, 0.15) is 34.7 Å². The monoisotopic (exact) mass is 194 g/mol. The van der Waals surface area contributed by atoms with Crippen molar-refractivity contribution in [3.8, 4) is 0 Å². The van der Waals surface area contributed by atoms with Crippen LogP contribution in [0.4, 0.5) is 4.39 Å². The molecule has 0 spiro atoms. The van der Waals surface area contributed by atoms with Gasteiger partial charge in [0.2, 0.25) is 0 Å². The molecule has 2 rings (SSSR count). The topological polar surface area (TPSA) is 37.3 Å². The molecule has 1 fully saturated rings. The number of carbonyl (C=O) groups is 1. The third kappa shape index (κ3) is 1.62. The summed E-state index contributed by atoms with van der Waals surface area (Å²) in [5.74, 6) is -0.638. The molecule has 74 valence electrons. The summed E-state index contributed by atoms with van der Waals surface area (Å²) in [4.78, 5) is 10.6. The van der Waals surface area contributed by atoms with Gasteiger partial charge in [0.1, 0.15) is 6.17 Å². The SMILES string of the molecule is O=C(O)c1ccc(C2CC(F)C2)cc1. The third-order valence-electron chi connectivity index (χ3n) is 2.71. The van der Waals surface area contributed by atoms with Gasteiger partial charge >= 0.3 is 5.97 Å². The minimum absolute atomic E-state index is 0.282. The van der Waals surface area contributed by atoms with Crippen LogP contribution in [0, 0.1) is 0 Å². The van der Waals surface area contributed by atoms with Crippen molar-refractivity contribution < 1.29 is 14.3 Å². The summed E-state index contributed by atoms with van der Waals surface area (Å²) < 4.78 is 12.6. The van der Waals surface area contributed by atoms with Crippen molar-refractivity contribution in [1.82, 2.24) is 0 Å². The Bertz CT molecular complexity index is 339. The lowest BCUT2D eigenvalue weighted by atomic mass is 9.78. The Morgan fingerprint density at radius 2 is 1.86 bits per heavy atom.